The van der Waals surface area contributed by atoms with E-state index in [4.69, 9.17) is 5.73 Å². The number of hydrogen-bond donors (Lipinski definition) is 2. The smallest absolute Gasteiger partial charge is 0.140 e. The molecule has 0 amide bonds. The maximum Gasteiger partial charge on any atom is 0.140 e. The van der Waals surface area contributed by atoms with Crippen LogP contribution in [0.15, 0.2) is 18.3 Å². The number of H-pyrrole nitrogens is 1. The zero-order valence-corrected chi connectivity index (χ0v) is 10.7. The third kappa shape index (κ3) is 1.90. The maximum atomic E-state index is 5.81. The van der Waals surface area contributed by atoms with Gasteiger partial charge in [-0.3, -0.25) is 0 Å². The van der Waals surface area contributed by atoms with Crippen LogP contribution in [0, 0.1) is 6.92 Å². The molecule has 0 aliphatic heterocycles. The zero-order valence-electron chi connectivity index (χ0n) is 9.87. The van der Waals surface area contributed by atoms with E-state index in [1.54, 1.807) is 11.3 Å². The molecular formula is C12H17N3S. The second-order valence-corrected chi connectivity index (χ2v) is 5.60. The van der Waals surface area contributed by atoms with Crippen molar-refractivity contribution in [2.75, 3.05) is 6.54 Å². The highest BCUT2D eigenvalue weighted by atomic mass is 32.1. The third-order valence-corrected chi connectivity index (χ3v) is 4.31. The Morgan fingerprint density at radius 3 is 2.81 bits per heavy atom. The standard InChI is InChI=1S/C12H17N3S/c1-8-10(12(2,3)7-13)16-11(15-8)9-5-4-6-14-9/h4-6,14H,7,13H2,1-3H3. The first kappa shape index (κ1) is 11.4. The summed E-state index contributed by atoms with van der Waals surface area (Å²) in [4.78, 5) is 9.06. The summed E-state index contributed by atoms with van der Waals surface area (Å²) >= 11 is 1.73. The molecule has 3 nitrogen and oxygen atoms in total. The van der Waals surface area contributed by atoms with Gasteiger partial charge >= 0.3 is 0 Å². The first-order chi connectivity index (χ1) is 7.54. The highest BCUT2D eigenvalue weighted by Crippen LogP contribution is 2.34. The Kier molecular flexibility index (Phi) is 2.86. The molecule has 16 heavy (non-hydrogen) atoms. The normalized spacial score (nSPS) is 12.0. The predicted molar refractivity (Wildman–Crippen MR) is 68.7 cm³/mol. The lowest BCUT2D eigenvalue weighted by molar-refractivity contribution is 0.546. The number of hydrogen-bond acceptors (Lipinski definition) is 3. The Hall–Kier alpha value is -1.13. The average Bonchev–Trinajstić information content (AvgIpc) is 2.85. The molecule has 0 atom stereocenters. The molecule has 0 saturated heterocycles. The van der Waals surface area contributed by atoms with Crippen LogP contribution in [-0.2, 0) is 5.41 Å². The van der Waals surface area contributed by atoms with Crippen molar-refractivity contribution in [1.82, 2.24) is 9.97 Å². The fraction of sp³-hybridized carbons (Fsp3) is 0.417. The fourth-order valence-corrected chi connectivity index (χ4v) is 2.86. The highest BCUT2D eigenvalue weighted by Gasteiger charge is 2.24. The number of nitrogens with one attached hydrogen (secondary N) is 1. The number of nitrogens with zero attached hydrogens (tertiary/aromatic N) is 1. The van der Waals surface area contributed by atoms with E-state index in [0.717, 1.165) is 16.4 Å². The Bertz CT molecular complexity index is 468. The summed E-state index contributed by atoms with van der Waals surface area (Å²) < 4.78 is 0. The van der Waals surface area contributed by atoms with Crippen molar-refractivity contribution in [3.05, 3.63) is 28.9 Å². The molecule has 2 aromatic heterocycles. The number of nitrogens with two attached hydrogens (primary N) is 1. The zero-order chi connectivity index (χ0) is 11.8. The minimum absolute atomic E-state index is 0.00654. The Labute approximate surface area is 99.7 Å². The predicted octanol–water partition coefficient (Wildman–Crippen LogP) is 2.68. The first-order valence-corrected chi connectivity index (χ1v) is 6.18. The summed E-state index contributed by atoms with van der Waals surface area (Å²) in [5, 5.41) is 1.04. The summed E-state index contributed by atoms with van der Waals surface area (Å²) in [5.41, 5.74) is 7.98. The van der Waals surface area contributed by atoms with E-state index in [0.29, 0.717) is 6.54 Å². The maximum absolute atomic E-state index is 5.81. The van der Waals surface area contributed by atoms with Crippen LogP contribution in [0.1, 0.15) is 24.4 Å². The molecular weight excluding hydrogens is 218 g/mol. The van der Waals surface area contributed by atoms with Gasteiger partial charge in [-0.05, 0) is 19.1 Å². The molecule has 0 unspecified atom stereocenters. The summed E-state index contributed by atoms with van der Waals surface area (Å²) in [6, 6.07) is 4.03. The molecule has 0 spiro atoms. The number of aromatic nitrogens is 2. The van der Waals surface area contributed by atoms with Gasteiger partial charge in [0.2, 0.25) is 0 Å². The topological polar surface area (TPSA) is 54.7 Å². The van der Waals surface area contributed by atoms with Crippen LogP contribution in [0.5, 0.6) is 0 Å². The van der Waals surface area contributed by atoms with E-state index in [1.165, 1.54) is 4.88 Å². The molecule has 0 radical (unpaired) electrons. The van der Waals surface area contributed by atoms with Gasteiger partial charge in [0.1, 0.15) is 5.01 Å². The van der Waals surface area contributed by atoms with Gasteiger partial charge in [0, 0.05) is 23.0 Å². The van der Waals surface area contributed by atoms with Gasteiger partial charge in [-0.2, -0.15) is 0 Å². The number of rotatable bonds is 3. The van der Waals surface area contributed by atoms with E-state index in [9.17, 15) is 0 Å². The van der Waals surface area contributed by atoms with Crippen LogP contribution in [0.25, 0.3) is 10.7 Å². The number of aryl methyl sites for hydroxylation is 1. The molecule has 2 aromatic rings. The van der Waals surface area contributed by atoms with Gasteiger partial charge in [-0.15, -0.1) is 11.3 Å². The van der Waals surface area contributed by atoms with Crippen LogP contribution in [0.2, 0.25) is 0 Å². The molecule has 0 aliphatic carbocycles. The fourth-order valence-electron chi connectivity index (χ4n) is 1.70. The molecule has 4 heteroatoms. The summed E-state index contributed by atoms with van der Waals surface area (Å²) in [6.45, 7) is 7.01. The molecule has 0 aliphatic rings. The van der Waals surface area contributed by atoms with E-state index in [-0.39, 0.29) is 5.41 Å². The van der Waals surface area contributed by atoms with Gasteiger partial charge in [-0.1, -0.05) is 13.8 Å². The van der Waals surface area contributed by atoms with Gasteiger partial charge in [0.15, 0.2) is 0 Å². The van der Waals surface area contributed by atoms with E-state index in [2.05, 4.69) is 30.7 Å². The van der Waals surface area contributed by atoms with Crippen molar-refractivity contribution < 1.29 is 0 Å². The van der Waals surface area contributed by atoms with Crippen LogP contribution >= 0.6 is 11.3 Å². The SMILES string of the molecule is Cc1nc(-c2ccc[nH]2)sc1C(C)(C)CN. The van der Waals surface area contributed by atoms with E-state index >= 15 is 0 Å². The lowest BCUT2D eigenvalue weighted by Crippen LogP contribution is -2.27. The average molecular weight is 235 g/mol. The Balaban J connectivity index is 2.44. The van der Waals surface area contributed by atoms with Crippen LogP contribution < -0.4 is 5.73 Å². The molecule has 3 N–H and O–H groups in total. The van der Waals surface area contributed by atoms with Crippen molar-refractivity contribution in [3.63, 3.8) is 0 Å². The van der Waals surface area contributed by atoms with Crippen molar-refractivity contribution in [2.24, 2.45) is 5.73 Å². The molecule has 2 heterocycles. The van der Waals surface area contributed by atoms with Crippen molar-refractivity contribution >= 4 is 11.3 Å². The van der Waals surface area contributed by atoms with Crippen LogP contribution in [-0.4, -0.2) is 16.5 Å². The van der Waals surface area contributed by atoms with Crippen molar-refractivity contribution in [2.45, 2.75) is 26.2 Å². The molecule has 0 saturated carbocycles. The van der Waals surface area contributed by atoms with Gasteiger partial charge in [0.05, 0.1) is 11.4 Å². The quantitative estimate of drug-likeness (QED) is 0.859. The van der Waals surface area contributed by atoms with E-state index < -0.39 is 0 Å². The van der Waals surface area contributed by atoms with Gasteiger partial charge < -0.3 is 10.7 Å². The summed E-state index contributed by atoms with van der Waals surface area (Å²) in [7, 11) is 0. The Morgan fingerprint density at radius 2 is 2.25 bits per heavy atom. The van der Waals surface area contributed by atoms with Crippen LogP contribution in [0.4, 0.5) is 0 Å². The third-order valence-electron chi connectivity index (χ3n) is 2.75. The Morgan fingerprint density at radius 1 is 1.50 bits per heavy atom. The molecule has 0 bridgehead atoms. The summed E-state index contributed by atoms with van der Waals surface area (Å²) in [6.07, 6.45) is 1.92. The minimum Gasteiger partial charge on any atom is -0.359 e. The highest BCUT2D eigenvalue weighted by molar-refractivity contribution is 7.15. The number of aromatic amines is 1. The minimum atomic E-state index is 0.00654. The lowest BCUT2D eigenvalue weighted by atomic mass is 9.91. The van der Waals surface area contributed by atoms with Crippen molar-refractivity contribution in [3.8, 4) is 10.7 Å². The van der Waals surface area contributed by atoms with Crippen LogP contribution in [0.3, 0.4) is 0 Å². The monoisotopic (exact) mass is 235 g/mol. The molecule has 0 fully saturated rings. The molecule has 0 aromatic carbocycles. The first-order valence-electron chi connectivity index (χ1n) is 5.36. The van der Waals surface area contributed by atoms with E-state index in [1.807, 2.05) is 18.3 Å². The number of thiazole rings is 1. The summed E-state index contributed by atoms with van der Waals surface area (Å²) in [5.74, 6) is 0. The lowest BCUT2D eigenvalue weighted by Gasteiger charge is -2.20. The second kappa shape index (κ2) is 4.03. The molecule has 86 valence electrons. The largest absolute Gasteiger partial charge is 0.359 e. The van der Waals surface area contributed by atoms with Crippen molar-refractivity contribution in [1.29, 1.82) is 0 Å². The van der Waals surface area contributed by atoms with Gasteiger partial charge in [0.25, 0.3) is 0 Å². The second-order valence-electron chi connectivity index (χ2n) is 4.61. The van der Waals surface area contributed by atoms with Gasteiger partial charge in [-0.25, -0.2) is 4.98 Å². The molecule has 2 rings (SSSR count).